The minimum atomic E-state index is 0.0531. The monoisotopic (exact) mass is 273 g/mol. The average molecular weight is 273 g/mol. The van der Waals surface area contributed by atoms with E-state index in [4.69, 9.17) is 0 Å². The summed E-state index contributed by atoms with van der Waals surface area (Å²) in [6.45, 7) is 9.86. The van der Waals surface area contributed by atoms with Gasteiger partial charge in [-0.1, -0.05) is 13.0 Å². The number of likely N-dealkylation sites (tertiary alicyclic amines) is 1. The molecule has 20 heavy (non-hydrogen) atoms. The Kier molecular flexibility index (Phi) is 4.39. The molecule has 0 saturated carbocycles. The predicted octanol–water partition coefficient (Wildman–Crippen LogP) is 2.71. The third-order valence-corrected chi connectivity index (χ3v) is 4.26. The second kappa shape index (κ2) is 5.88. The van der Waals surface area contributed by atoms with Gasteiger partial charge in [0.2, 0.25) is 0 Å². The number of hydrogen-bond acceptors (Lipinski definition) is 3. The quantitative estimate of drug-likeness (QED) is 0.795. The molecule has 0 aromatic heterocycles. The molecule has 1 heterocycles. The van der Waals surface area contributed by atoms with Gasteiger partial charge in [0.25, 0.3) is 0 Å². The molecule has 0 amide bonds. The van der Waals surface area contributed by atoms with Crippen LogP contribution in [0.2, 0.25) is 0 Å². The van der Waals surface area contributed by atoms with E-state index in [2.05, 4.69) is 17.9 Å². The average Bonchev–Trinajstić information content (AvgIpc) is 2.38. The maximum absolute atomic E-state index is 12.5. The van der Waals surface area contributed by atoms with Crippen molar-refractivity contribution in [3.05, 3.63) is 34.4 Å². The van der Waals surface area contributed by atoms with E-state index in [1.165, 1.54) is 5.56 Å². The number of rotatable bonds is 3. The van der Waals surface area contributed by atoms with Crippen LogP contribution in [0.25, 0.3) is 0 Å². The first-order valence-corrected chi connectivity index (χ1v) is 7.24. The zero-order valence-electron chi connectivity index (χ0n) is 12.8. The molecule has 1 unspecified atom stereocenters. The van der Waals surface area contributed by atoms with Gasteiger partial charge < -0.3 is 0 Å². The highest BCUT2D eigenvalue weighted by atomic mass is 16.1. The van der Waals surface area contributed by atoms with Crippen LogP contribution in [0, 0.1) is 26.7 Å². The molecule has 0 aliphatic carbocycles. The summed E-state index contributed by atoms with van der Waals surface area (Å²) in [5.41, 5.74) is 4.23. The molecular weight excluding hydrogens is 250 g/mol. The lowest BCUT2D eigenvalue weighted by molar-refractivity contribution is -0.125. The zero-order valence-corrected chi connectivity index (χ0v) is 12.8. The van der Waals surface area contributed by atoms with Crippen molar-refractivity contribution in [1.29, 1.82) is 0 Å². The lowest BCUT2D eigenvalue weighted by Gasteiger charge is -2.29. The van der Waals surface area contributed by atoms with E-state index in [0.717, 1.165) is 16.7 Å². The van der Waals surface area contributed by atoms with Crippen molar-refractivity contribution in [3.63, 3.8) is 0 Å². The standard InChI is InChI=1S/C17H23NO2/c1-11-7-13(3)15(8-12(11)2)17(20)10-18-6-5-16(19)14(4)9-18/h7-8,14H,5-6,9-10H2,1-4H3. The maximum atomic E-state index is 12.5. The molecule has 1 atom stereocenters. The van der Waals surface area contributed by atoms with Gasteiger partial charge in [-0.25, -0.2) is 0 Å². The molecule has 1 saturated heterocycles. The van der Waals surface area contributed by atoms with Crippen LogP contribution in [0.1, 0.15) is 40.4 Å². The van der Waals surface area contributed by atoms with Gasteiger partial charge >= 0.3 is 0 Å². The van der Waals surface area contributed by atoms with Crippen molar-refractivity contribution in [1.82, 2.24) is 4.90 Å². The first-order chi connectivity index (χ1) is 9.38. The van der Waals surface area contributed by atoms with Crippen molar-refractivity contribution in [2.24, 2.45) is 5.92 Å². The van der Waals surface area contributed by atoms with Crippen molar-refractivity contribution < 1.29 is 9.59 Å². The van der Waals surface area contributed by atoms with E-state index in [1.807, 2.05) is 26.8 Å². The highest BCUT2D eigenvalue weighted by Gasteiger charge is 2.25. The third-order valence-electron chi connectivity index (χ3n) is 4.26. The Morgan fingerprint density at radius 3 is 2.50 bits per heavy atom. The number of piperidine rings is 1. The number of hydrogen-bond donors (Lipinski definition) is 0. The van der Waals surface area contributed by atoms with Gasteiger partial charge in [0.05, 0.1) is 6.54 Å². The van der Waals surface area contributed by atoms with Gasteiger partial charge in [-0.15, -0.1) is 0 Å². The smallest absolute Gasteiger partial charge is 0.177 e. The largest absolute Gasteiger partial charge is 0.299 e. The molecule has 3 heteroatoms. The Bertz CT molecular complexity index is 548. The summed E-state index contributed by atoms with van der Waals surface area (Å²) in [4.78, 5) is 26.1. The minimum Gasteiger partial charge on any atom is -0.299 e. The van der Waals surface area contributed by atoms with Crippen LogP contribution >= 0.6 is 0 Å². The Hall–Kier alpha value is -1.48. The number of ketones is 2. The van der Waals surface area contributed by atoms with Gasteiger partial charge in [-0.05, 0) is 43.5 Å². The third kappa shape index (κ3) is 3.15. The fourth-order valence-electron chi connectivity index (χ4n) is 2.79. The molecule has 0 N–H and O–H groups in total. The van der Waals surface area contributed by atoms with E-state index in [1.54, 1.807) is 0 Å². The van der Waals surface area contributed by atoms with Crippen LogP contribution < -0.4 is 0 Å². The topological polar surface area (TPSA) is 37.4 Å². The fraction of sp³-hybridized carbons (Fsp3) is 0.529. The fourth-order valence-corrected chi connectivity index (χ4v) is 2.79. The molecule has 108 valence electrons. The zero-order chi connectivity index (χ0) is 14.9. The molecule has 2 rings (SSSR count). The molecule has 1 fully saturated rings. The summed E-state index contributed by atoms with van der Waals surface area (Å²) in [7, 11) is 0. The number of carbonyl (C=O) groups excluding carboxylic acids is 2. The van der Waals surface area contributed by atoms with Crippen LogP contribution in [0.4, 0.5) is 0 Å². The normalized spacial score (nSPS) is 20.2. The van der Waals surface area contributed by atoms with E-state index < -0.39 is 0 Å². The van der Waals surface area contributed by atoms with Crippen LogP contribution in [-0.2, 0) is 4.79 Å². The lowest BCUT2D eigenvalue weighted by Crippen LogP contribution is -2.42. The molecule has 0 radical (unpaired) electrons. The summed E-state index contributed by atoms with van der Waals surface area (Å²) in [5.74, 6) is 0.528. The van der Waals surface area contributed by atoms with Crippen LogP contribution in [0.15, 0.2) is 12.1 Å². The number of benzene rings is 1. The minimum absolute atomic E-state index is 0.0531. The Morgan fingerprint density at radius 2 is 1.85 bits per heavy atom. The van der Waals surface area contributed by atoms with Crippen LogP contribution in [0.3, 0.4) is 0 Å². The van der Waals surface area contributed by atoms with Gasteiger partial charge in [-0.2, -0.15) is 0 Å². The number of nitrogens with zero attached hydrogens (tertiary/aromatic N) is 1. The molecule has 3 nitrogen and oxygen atoms in total. The first kappa shape index (κ1) is 14.9. The molecule has 1 aromatic rings. The van der Waals surface area contributed by atoms with Crippen molar-refractivity contribution in [2.75, 3.05) is 19.6 Å². The molecule has 1 aromatic carbocycles. The summed E-state index contributed by atoms with van der Waals surface area (Å²) >= 11 is 0. The van der Waals surface area contributed by atoms with Gasteiger partial charge in [0.15, 0.2) is 5.78 Å². The maximum Gasteiger partial charge on any atom is 0.177 e. The molecule has 1 aliphatic heterocycles. The number of aryl methyl sites for hydroxylation is 3. The number of carbonyl (C=O) groups is 2. The summed E-state index contributed by atoms with van der Waals surface area (Å²) in [5, 5.41) is 0. The highest BCUT2D eigenvalue weighted by molar-refractivity contribution is 5.99. The second-order valence-electron chi connectivity index (χ2n) is 6.03. The first-order valence-electron chi connectivity index (χ1n) is 7.24. The van der Waals surface area contributed by atoms with E-state index in [-0.39, 0.29) is 11.7 Å². The SMILES string of the molecule is Cc1cc(C)c(C(=O)CN2CCC(=O)C(C)C2)cc1C. The Labute approximate surface area is 121 Å². The van der Waals surface area contributed by atoms with Crippen LogP contribution in [-0.4, -0.2) is 36.1 Å². The van der Waals surface area contributed by atoms with Gasteiger partial charge in [0, 0.05) is 31.0 Å². The summed E-state index contributed by atoms with van der Waals surface area (Å²) in [6, 6.07) is 4.07. The lowest BCUT2D eigenvalue weighted by atomic mass is 9.96. The Morgan fingerprint density at radius 1 is 1.20 bits per heavy atom. The molecule has 0 spiro atoms. The predicted molar refractivity (Wildman–Crippen MR) is 80.2 cm³/mol. The highest BCUT2D eigenvalue weighted by Crippen LogP contribution is 2.18. The van der Waals surface area contributed by atoms with Crippen LogP contribution in [0.5, 0.6) is 0 Å². The van der Waals surface area contributed by atoms with Gasteiger partial charge in [-0.3, -0.25) is 14.5 Å². The van der Waals surface area contributed by atoms with E-state index in [0.29, 0.717) is 31.8 Å². The molecular formula is C17H23NO2. The second-order valence-corrected chi connectivity index (χ2v) is 6.03. The van der Waals surface area contributed by atoms with Crippen molar-refractivity contribution in [2.45, 2.75) is 34.1 Å². The number of Topliss-reactive ketones (excluding diaryl/α,β-unsaturated/α-hetero) is 2. The summed E-state index contributed by atoms with van der Waals surface area (Å²) in [6.07, 6.45) is 0.570. The van der Waals surface area contributed by atoms with Crippen molar-refractivity contribution in [3.8, 4) is 0 Å². The molecule has 1 aliphatic rings. The van der Waals surface area contributed by atoms with E-state index >= 15 is 0 Å². The van der Waals surface area contributed by atoms with Gasteiger partial charge in [0.1, 0.15) is 5.78 Å². The van der Waals surface area contributed by atoms with E-state index in [9.17, 15) is 9.59 Å². The Balaban J connectivity index is 2.09. The molecule has 0 bridgehead atoms. The van der Waals surface area contributed by atoms with Crippen molar-refractivity contribution >= 4 is 11.6 Å². The summed E-state index contributed by atoms with van der Waals surface area (Å²) < 4.78 is 0.